The molecule has 1 saturated carbocycles. The van der Waals surface area contributed by atoms with Gasteiger partial charge in [-0.2, -0.15) is 0 Å². The fourth-order valence-corrected chi connectivity index (χ4v) is 0.164. The van der Waals surface area contributed by atoms with Gasteiger partial charge in [0.1, 0.15) is 0 Å². The van der Waals surface area contributed by atoms with Crippen molar-refractivity contribution >= 4 is 18.9 Å². The normalized spacial score (nSPS) is 13.8. The lowest BCUT2D eigenvalue weighted by Gasteiger charge is -1.79. The second-order valence-electron chi connectivity index (χ2n) is 1.89. The zero-order chi connectivity index (χ0) is 7.11. The smallest absolute Gasteiger partial charge is 0.293 e. The van der Waals surface area contributed by atoms with Gasteiger partial charge in [-0.05, 0) is 19.8 Å². The summed E-state index contributed by atoms with van der Waals surface area (Å²) in [6, 6.07) is 0.583. The third kappa shape index (κ3) is 15.6. The zero-order valence-corrected chi connectivity index (χ0v) is 6.89. The number of carbonyl (C=O) groups is 1. The minimum Gasteiger partial charge on any atom is -0.468 e. The van der Waals surface area contributed by atoms with E-state index in [1.165, 1.54) is 12.8 Å². The van der Waals surface area contributed by atoms with E-state index in [-0.39, 0.29) is 12.4 Å². The maximum Gasteiger partial charge on any atom is 0.293 e. The van der Waals surface area contributed by atoms with Crippen LogP contribution in [0.2, 0.25) is 0 Å². The Morgan fingerprint density at radius 3 is 2.10 bits per heavy atom. The second-order valence-corrected chi connectivity index (χ2v) is 1.89. The van der Waals surface area contributed by atoms with Crippen LogP contribution >= 0.6 is 12.4 Å². The van der Waals surface area contributed by atoms with Gasteiger partial charge in [-0.25, -0.2) is 0 Å². The molecular formula is C6H14ClNO2. The first-order valence-corrected chi connectivity index (χ1v) is 3.12. The Balaban J connectivity index is 0. The van der Waals surface area contributed by atoms with Crippen LogP contribution < -0.4 is 5.73 Å². The molecule has 0 bridgehead atoms. The molecule has 10 heavy (non-hydrogen) atoms. The first-order valence-electron chi connectivity index (χ1n) is 3.12. The van der Waals surface area contributed by atoms with Crippen molar-refractivity contribution in [1.29, 1.82) is 0 Å². The Kier molecular flexibility index (Phi) is 10.8. The zero-order valence-electron chi connectivity index (χ0n) is 6.08. The predicted octanol–water partition coefficient (Wildman–Crippen LogP) is 0.709. The summed E-state index contributed by atoms with van der Waals surface area (Å²) in [5.41, 5.74) is 5.22. The number of hydrogen-bond donors (Lipinski definition) is 1. The highest BCUT2D eigenvalue weighted by Crippen LogP contribution is 2.13. The van der Waals surface area contributed by atoms with Crippen molar-refractivity contribution < 1.29 is 9.53 Å². The summed E-state index contributed by atoms with van der Waals surface area (Å²) < 4.78 is 4.15. The van der Waals surface area contributed by atoms with Crippen LogP contribution in [0.5, 0.6) is 0 Å². The quantitative estimate of drug-likeness (QED) is 0.617. The molecule has 0 saturated heterocycles. The molecule has 0 unspecified atom stereocenters. The van der Waals surface area contributed by atoms with E-state index in [0.717, 1.165) is 0 Å². The third-order valence-electron chi connectivity index (χ3n) is 0.857. The third-order valence-corrected chi connectivity index (χ3v) is 0.857. The molecule has 1 aliphatic carbocycles. The molecule has 0 aromatic carbocycles. The highest BCUT2D eigenvalue weighted by molar-refractivity contribution is 5.85. The average Bonchev–Trinajstić information content (AvgIpc) is 2.55. The van der Waals surface area contributed by atoms with E-state index in [2.05, 4.69) is 4.74 Å². The summed E-state index contributed by atoms with van der Waals surface area (Å²) >= 11 is 0. The SMILES string of the molecule is CCOC=O.Cl.NC1CC1. The molecule has 1 rings (SSSR count). The molecule has 0 aliphatic heterocycles. The summed E-state index contributed by atoms with van der Waals surface area (Å²) in [6.07, 6.45) is 2.53. The number of rotatable bonds is 2. The molecule has 0 spiro atoms. The number of hydrogen-bond acceptors (Lipinski definition) is 3. The van der Waals surface area contributed by atoms with E-state index in [1.54, 1.807) is 6.92 Å². The number of halogens is 1. The monoisotopic (exact) mass is 167 g/mol. The van der Waals surface area contributed by atoms with Crippen molar-refractivity contribution in [3.63, 3.8) is 0 Å². The van der Waals surface area contributed by atoms with Gasteiger partial charge in [0.2, 0.25) is 0 Å². The van der Waals surface area contributed by atoms with Gasteiger partial charge in [-0.15, -0.1) is 12.4 Å². The van der Waals surface area contributed by atoms with Crippen LogP contribution in [-0.2, 0) is 9.53 Å². The molecule has 4 heteroatoms. The topological polar surface area (TPSA) is 52.3 Å². The highest BCUT2D eigenvalue weighted by Gasteiger charge is 2.13. The molecule has 1 aliphatic rings. The largest absolute Gasteiger partial charge is 0.468 e. The number of ether oxygens (including phenoxy) is 1. The molecule has 0 aromatic rings. The van der Waals surface area contributed by atoms with Crippen LogP contribution in [0, 0.1) is 0 Å². The standard InChI is InChI=1S/C3H7N.C3H6O2.ClH/c4-3-1-2-3;1-2-5-3-4;/h3H,1-2,4H2;3H,2H2,1H3;1H. The summed E-state index contributed by atoms with van der Waals surface area (Å²) in [7, 11) is 0. The highest BCUT2D eigenvalue weighted by atomic mass is 35.5. The van der Waals surface area contributed by atoms with Crippen LogP contribution in [0.3, 0.4) is 0 Å². The van der Waals surface area contributed by atoms with E-state index in [4.69, 9.17) is 5.73 Å². The Hall–Kier alpha value is -0.280. The van der Waals surface area contributed by atoms with Crippen LogP contribution in [0.1, 0.15) is 19.8 Å². The lowest BCUT2D eigenvalue weighted by atomic mass is 10.8. The maximum absolute atomic E-state index is 9.18. The van der Waals surface area contributed by atoms with Crippen LogP contribution in [-0.4, -0.2) is 19.1 Å². The molecule has 3 nitrogen and oxygen atoms in total. The fraction of sp³-hybridized carbons (Fsp3) is 0.833. The number of carbonyl (C=O) groups excluding carboxylic acids is 1. The molecular weight excluding hydrogens is 154 g/mol. The first-order chi connectivity index (χ1) is 4.31. The van der Waals surface area contributed by atoms with E-state index < -0.39 is 0 Å². The Morgan fingerprint density at radius 2 is 2.10 bits per heavy atom. The summed E-state index contributed by atoms with van der Waals surface area (Å²) in [4.78, 5) is 9.18. The molecule has 0 heterocycles. The van der Waals surface area contributed by atoms with E-state index in [0.29, 0.717) is 19.1 Å². The van der Waals surface area contributed by atoms with Gasteiger partial charge in [0.25, 0.3) is 6.47 Å². The average molecular weight is 168 g/mol. The van der Waals surface area contributed by atoms with Crippen molar-refractivity contribution in [2.24, 2.45) is 5.73 Å². The van der Waals surface area contributed by atoms with Gasteiger partial charge >= 0.3 is 0 Å². The second kappa shape index (κ2) is 8.72. The van der Waals surface area contributed by atoms with Crippen LogP contribution in [0.4, 0.5) is 0 Å². The van der Waals surface area contributed by atoms with Gasteiger partial charge in [0.05, 0.1) is 6.61 Å². The van der Waals surface area contributed by atoms with Crippen molar-refractivity contribution in [3.8, 4) is 0 Å². The van der Waals surface area contributed by atoms with Crippen LogP contribution in [0.25, 0.3) is 0 Å². The van der Waals surface area contributed by atoms with E-state index in [9.17, 15) is 4.79 Å². The Labute approximate surface area is 67.3 Å². The van der Waals surface area contributed by atoms with Gasteiger partial charge in [-0.3, -0.25) is 4.79 Å². The number of nitrogens with two attached hydrogens (primary N) is 1. The molecule has 0 radical (unpaired) electrons. The van der Waals surface area contributed by atoms with Gasteiger partial charge in [0, 0.05) is 6.04 Å². The Bertz CT molecular complexity index is 76.1. The molecule has 1 fully saturated rings. The molecule has 0 amide bonds. The summed E-state index contributed by atoms with van der Waals surface area (Å²) in [5, 5.41) is 0. The molecule has 0 atom stereocenters. The van der Waals surface area contributed by atoms with Crippen LogP contribution in [0.15, 0.2) is 0 Å². The summed E-state index contributed by atoms with van der Waals surface area (Å²) in [5.74, 6) is 0. The van der Waals surface area contributed by atoms with Crippen molar-refractivity contribution in [2.75, 3.05) is 6.61 Å². The minimum atomic E-state index is 0. The predicted molar refractivity (Wildman–Crippen MR) is 42.1 cm³/mol. The van der Waals surface area contributed by atoms with E-state index >= 15 is 0 Å². The van der Waals surface area contributed by atoms with Crippen molar-refractivity contribution in [1.82, 2.24) is 0 Å². The van der Waals surface area contributed by atoms with Gasteiger partial charge in [0.15, 0.2) is 0 Å². The maximum atomic E-state index is 9.18. The first kappa shape index (κ1) is 12.4. The van der Waals surface area contributed by atoms with Gasteiger partial charge in [-0.1, -0.05) is 0 Å². The fourth-order valence-electron chi connectivity index (χ4n) is 0.164. The van der Waals surface area contributed by atoms with Crippen molar-refractivity contribution in [2.45, 2.75) is 25.8 Å². The molecule has 0 aromatic heterocycles. The molecule has 2 N–H and O–H groups in total. The lowest BCUT2D eigenvalue weighted by Crippen LogP contribution is -1.94. The Morgan fingerprint density at radius 1 is 1.70 bits per heavy atom. The van der Waals surface area contributed by atoms with Gasteiger partial charge < -0.3 is 10.5 Å². The summed E-state index contributed by atoms with van der Waals surface area (Å²) in [6.45, 7) is 2.66. The lowest BCUT2D eigenvalue weighted by molar-refractivity contribution is -0.128. The molecule has 62 valence electrons. The van der Waals surface area contributed by atoms with Crippen molar-refractivity contribution in [3.05, 3.63) is 0 Å². The minimum absolute atomic E-state index is 0. The van der Waals surface area contributed by atoms with E-state index in [1.807, 2.05) is 0 Å².